The minimum Gasteiger partial charge on any atom is -0.356 e. The lowest BCUT2D eigenvalue weighted by molar-refractivity contribution is -0.116. The summed E-state index contributed by atoms with van der Waals surface area (Å²) in [6, 6.07) is 5.90. The van der Waals surface area contributed by atoms with Gasteiger partial charge < -0.3 is 10.6 Å². The maximum Gasteiger partial charge on any atom is 0.251 e. The summed E-state index contributed by atoms with van der Waals surface area (Å²) in [5.74, 6) is -0.579. The van der Waals surface area contributed by atoms with Crippen LogP contribution in [0.4, 0.5) is 0 Å². The highest BCUT2D eigenvalue weighted by molar-refractivity contribution is 7.89. The van der Waals surface area contributed by atoms with Crippen molar-refractivity contribution in [1.29, 1.82) is 0 Å². The van der Waals surface area contributed by atoms with Gasteiger partial charge in [0.15, 0.2) is 0 Å². The molecule has 0 bridgehead atoms. The van der Waals surface area contributed by atoms with Gasteiger partial charge in [0.1, 0.15) is 0 Å². The van der Waals surface area contributed by atoms with E-state index in [0.29, 0.717) is 18.7 Å². The third-order valence-corrected chi connectivity index (χ3v) is 5.88. The van der Waals surface area contributed by atoms with E-state index in [-0.39, 0.29) is 23.3 Å². The molecule has 0 saturated carbocycles. The van der Waals surface area contributed by atoms with Gasteiger partial charge in [-0.25, -0.2) is 8.42 Å². The number of hydrogen-bond donors (Lipinski definition) is 2. The summed E-state index contributed by atoms with van der Waals surface area (Å²) >= 11 is 0. The van der Waals surface area contributed by atoms with E-state index >= 15 is 0 Å². The summed E-state index contributed by atoms with van der Waals surface area (Å²) in [6.07, 6.45) is 5.67. The van der Waals surface area contributed by atoms with Crippen molar-refractivity contribution in [2.75, 3.05) is 26.7 Å². The average Bonchev–Trinajstić information content (AvgIpc) is 2.65. The van der Waals surface area contributed by atoms with Crippen LogP contribution in [0.5, 0.6) is 0 Å². The summed E-state index contributed by atoms with van der Waals surface area (Å²) in [5, 5.41) is 5.07. The van der Waals surface area contributed by atoms with Gasteiger partial charge in [-0.3, -0.25) is 9.59 Å². The number of benzene rings is 1. The van der Waals surface area contributed by atoms with Crippen molar-refractivity contribution in [1.82, 2.24) is 14.9 Å². The molecule has 1 aromatic carbocycles. The molecule has 0 aromatic heterocycles. The van der Waals surface area contributed by atoms with Crippen molar-refractivity contribution in [2.45, 2.75) is 24.2 Å². The molecule has 136 valence electrons. The van der Waals surface area contributed by atoms with Crippen LogP contribution in [0.2, 0.25) is 0 Å². The molecule has 8 heteroatoms. The van der Waals surface area contributed by atoms with Crippen molar-refractivity contribution < 1.29 is 18.0 Å². The Morgan fingerprint density at radius 2 is 1.76 bits per heavy atom. The van der Waals surface area contributed by atoms with Gasteiger partial charge in [0, 0.05) is 38.3 Å². The smallest absolute Gasteiger partial charge is 0.251 e. The minimum absolute atomic E-state index is 0.200. The van der Waals surface area contributed by atoms with Gasteiger partial charge >= 0.3 is 0 Å². The lowest BCUT2D eigenvalue weighted by Crippen LogP contribution is -2.35. The molecule has 0 unspecified atom stereocenters. The number of rotatable bonds is 6. The van der Waals surface area contributed by atoms with E-state index in [1.165, 1.54) is 47.8 Å². The quantitative estimate of drug-likeness (QED) is 0.732. The molecule has 1 aromatic rings. The number of carbonyl (C=O) groups is 2. The lowest BCUT2D eigenvalue weighted by atomic mass is 10.2. The Morgan fingerprint density at radius 3 is 2.36 bits per heavy atom. The Hall–Kier alpha value is -2.19. The fourth-order valence-corrected chi connectivity index (χ4v) is 4.05. The second kappa shape index (κ2) is 8.77. The van der Waals surface area contributed by atoms with Gasteiger partial charge in [-0.1, -0.05) is 12.5 Å². The van der Waals surface area contributed by atoms with Crippen molar-refractivity contribution >= 4 is 21.8 Å². The fourth-order valence-electron chi connectivity index (χ4n) is 2.54. The van der Waals surface area contributed by atoms with Crippen molar-refractivity contribution in [3.05, 3.63) is 42.0 Å². The van der Waals surface area contributed by atoms with Gasteiger partial charge in [-0.2, -0.15) is 4.31 Å². The molecule has 0 spiro atoms. The first-order valence-corrected chi connectivity index (χ1v) is 9.66. The summed E-state index contributed by atoms with van der Waals surface area (Å²) in [4.78, 5) is 23.2. The van der Waals surface area contributed by atoms with E-state index in [0.717, 1.165) is 19.3 Å². The third-order valence-electron chi connectivity index (χ3n) is 3.97. The van der Waals surface area contributed by atoms with Crippen LogP contribution in [0.1, 0.15) is 29.6 Å². The summed E-state index contributed by atoms with van der Waals surface area (Å²) in [5.41, 5.74) is 0.367. The number of amides is 2. The van der Waals surface area contributed by atoms with E-state index < -0.39 is 10.0 Å². The fraction of sp³-hybridized carbons (Fsp3) is 0.412. The zero-order valence-corrected chi connectivity index (χ0v) is 15.0. The first-order chi connectivity index (χ1) is 11.9. The third kappa shape index (κ3) is 5.14. The number of hydrogen-bond acceptors (Lipinski definition) is 4. The molecular weight excluding hydrogens is 342 g/mol. The first-order valence-electron chi connectivity index (χ1n) is 8.22. The first kappa shape index (κ1) is 19.1. The molecule has 2 N–H and O–H groups in total. The number of nitrogens with one attached hydrogen (secondary N) is 2. The van der Waals surface area contributed by atoms with Crippen LogP contribution in [-0.4, -0.2) is 51.2 Å². The number of likely N-dealkylation sites (N-methyl/N-ethyl adjacent to an activating group) is 1. The highest BCUT2D eigenvalue weighted by Crippen LogP contribution is 2.20. The van der Waals surface area contributed by atoms with Gasteiger partial charge in [-0.05, 0) is 37.1 Å². The molecule has 2 rings (SSSR count). The zero-order valence-electron chi connectivity index (χ0n) is 14.2. The summed E-state index contributed by atoms with van der Waals surface area (Å²) in [7, 11) is -1.97. The molecule has 0 atom stereocenters. The predicted molar refractivity (Wildman–Crippen MR) is 94.6 cm³/mol. The molecule has 0 radical (unpaired) electrons. The molecule has 1 aliphatic heterocycles. The largest absolute Gasteiger partial charge is 0.356 e. The second-order valence-electron chi connectivity index (χ2n) is 5.72. The van der Waals surface area contributed by atoms with Crippen molar-refractivity contribution in [2.24, 2.45) is 0 Å². The second-order valence-corrected chi connectivity index (χ2v) is 7.65. The monoisotopic (exact) mass is 365 g/mol. The van der Waals surface area contributed by atoms with E-state index in [9.17, 15) is 18.0 Å². The normalized spacial score (nSPS) is 15.9. The summed E-state index contributed by atoms with van der Waals surface area (Å²) < 4.78 is 26.6. The Kier molecular flexibility index (Phi) is 6.72. The number of sulfonamides is 1. The molecule has 1 fully saturated rings. The van der Waals surface area contributed by atoms with Gasteiger partial charge in [0.25, 0.3) is 5.91 Å². The van der Waals surface area contributed by atoms with Crippen LogP contribution in [0, 0.1) is 0 Å². The Bertz CT molecular complexity index is 736. The van der Waals surface area contributed by atoms with E-state index in [1.807, 2.05) is 0 Å². The average molecular weight is 365 g/mol. The van der Waals surface area contributed by atoms with Crippen molar-refractivity contribution in [3.8, 4) is 0 Å². The molecule has 1 heterocycles. The molecule has 1 saturated heterocycles. The van der Waals surface area contributed by atoms with Gasteiger partial charge in [0.05, 0.1) is 4.90 Å². The van der Waals surface area contributed by atoms with Gasteiger partial charge in [0.2, 0.25) is 15.9 Å². The topological polar surface area (TPSA) is 95.6 Å². The highest BCUT2D eigenvalue weighted by Gasteiger charge is 2.25. The molecule has 25 heavy (non-hydrogen) atoms. The van der Waals surface area contributed by atoms with Crippen LogP contribution in [-0.2, 0) is 14.8 Å². The van der Waals surface area contributed by atoms with Crippen LogP contribution in [0.15, 0.2) is 41.3 Å². The number of piperidine rings is 1. The van der Waals surface area contributed by atoms with Crippen LogP contribution in [0.3, 0.4) is 0 Å². The van der Waals surface area contributed by atoms with Crippen LogP contribution in [0.25, 0.3) is 0 Å². The molecular formula is C17H23N3O4S. The zero-order chi connectivity index (χ0) is 18.3. The number of carbonyl (C=O) groups excluding carboxylic acids is 2. The maximum absolute atomic E-state index is 12.5. The highest BCUT2D eigenvalue weighted by atomic mass is 32.2. The van der Waals surface area contributed by atoms with Gasteiger partial charge in [-0.15, -0.1) is 0 Å². The van der Waals surface area contributed by atoms with E-state index in [2.05, 4.69) is 10.6 Å². The Labute approximate surface area is 148 Å². The summed E-state index contributed by atoms with van der Waals surface area (Å²) in [6.45, 7) is 1.30. The molecule has 0 aliphatic carbocycles. The number of nitrogens with zero attached hydrogens (tertiary/aromatic N) is 1. The molecule has 1 aliphatic rings. The lowest BCUT2D eigenvalue weighted by Gasteiger charge is -2.25. The van der Waals surface area contributed by atoms with E-state index in [4.69, 9.17) is 0 Å². The van der Waals surface area contributed by atoms with Crippen LogP contribution >= 0.6 is 0 Å². The maximum atomic E-state index is 12.5. The SMILES string of the molecule is CNC(=O)C=CCNC(=O)c1ccc(S(=O)(=O)N2CCCCC2)cc1. The molecule has 7 nitrogen and oxygen atoms in total. The standard InChI is InChI=1S/C17H23N3O4S/c1-18-16(21)6-5-11-19-17(22)14-7-9-15(10-8-14)25(23,24)20-12-3-2-4-13-20/h5-10H,2-4,11-13H2,1H3,(H,18,21)(H,19,22). The van der Waals surface area contributed by atoms with Crippen molar-refractivity contribution in [3.63, 3.8) is 0 Å². The van der Waals surface area contributed by atoms with E-state index in [1.54, 1.807) is 0 Å². The van der Waals surface area contributed by atoms with Crippen LogP contribution < -0.4 is 10.6 Å². The Balaban J connectivity index is 1.98. The molecule has 2 amide bonds. The predicted octanol–water partition coefficient (Wildman–Crippen LogP) is 0.893. The Morgan fingerprint density at radius 1 is 1.12 bits per heavy atom. The minimum atomic E-state index is -3.49.